The summed E-state index contributed by atoms with van der Waals surface area (Å²) >= 11 is 12.4. The van der Waals surface area contributed by atoms with Gasteiger partial charge in [-0.25, -0.2) is 13.8 Å². The van der Waals surface area contributed by atoms with E-state index < -0.39 is 5.92 Å². The Labute approximate surface area is 185 Å². The van der Waals surface area contributed by atoms with Crippen molar-refractivity contribution in [3.8, 4) is 28.7 Å². The minimum absolute atomic E-state index is 0.0701. The van der Waals surface area contributed by atoms with Gasteiger partial charge < -0.3 is 18.8 Å². The van der Waals surface area contributed by atoms with Crippen LogP contribution in [-0.4, -0.2) is 37.3 Å². The normalized spacial score (nSPS) is 13.0. The zero-order valence-electron chi connectivity index (χ0n) is 16.3. The molecule has 0 saturated heterocycles. The molecule has 7 nitrogen and oxygen atoms in total. The number of benzene rings is 1. The van der Waals surface area contributed by atoms with Crippen molar-refractivity contribution in [2.45, 2.75) is 25.9 Å². The first kappa shape index (κ1) is 21.5. The van der Waals surface area contributed by atoms with Crippen molar-refractivity contribution in [3.05, 3.63) is 52.3 Å². The third-order valence-electron chi connectivity index (χ3n) is 4.43. The second-order valence-corrected chi connectivity index (χ2v) is 7.81. The molecule has 0 aliphatic heterocycles. The quantitative estimate of drug-likeness (QED) is 0.416. The Morgan fingerprint density at radius 1 is 1.19 bits per heavy atom. The second kappa shape index (κ2) is 8.07. The van der Waals surface area contributed by atoms with Crippen molar-refractivity contribution in [3.63, 3.8) is 0 Å². The lowest BCUT2D eigenvalue weighted by Crippen LogP contribution is -2.16. The van der Waals surface area contributed by atoms with Crippen molar-refractivity contribution in [1.29, 1.82) is 0 Å². The van der Waals surface area contributed by atoms with Crippen molar-refractivity contribution < 1.29 is 23.1 Å². The lowest BCUT2D eigenvalue weighted by Gasteiger charge is -2.12. The Bertz CT molecular complexity index is 1250. The van der Waals surface area contributed by atoms with Gasteiger partial charge in [0, 0.05) is 30.4 Å². The number of fused-ring (bicyclic) bond motifs is 1. The summed E-state index contributed by atoms with van der Waals surface area (Å²) in [6, 6.07) is 6.08. The molecule has 11 heteroatoms. The zero-order valence-corrected chi connectivity index (χ0v) is 17.8. The van der Waals surface area contributed by atoms with E-state index in [1.54, 1.807) is 25.1 Å². The van der Waals surface area contributed by atoms with Crippen LogP contribution in [-0.2, 0) is 5.92 Å². The van der Waals surface area contributed by atoms with Gasteiger partial charge in [0.1, 0.15) is 17.5 Å². The van der Waals surface area contributed by atoms with E-state index in [9.17, 15) is 8.78 Å². The number of ether oxygens (including phenoxy) is 1. The Hall–Kier alpha value is -2.75. The second-order valence-electron chi connectivity index (χ2n) is 7.00. The molecule has 0 amide bonds. The van der Waals surface area contributed by atoms with Crippen LogP contribution in [0.5, 0.6) is 5.75 Å². The maximum atomic E-state index is 13.7. The van der Waals surface area contributed by atoms with E-state index in [0.29, 0.717) is 16.3 Å². The molecule has 1 aromatic carbocycles. The van der Waals surface area contributed by atoms with Crippen LogP contribution < -0.4 is 4.74 Å². The number of hydrogen-bond acceptors (Lipinski definition) is 6. The molecule has 0 aliphatic rings. The first-order valence-electron chi connectivity index (χ1n) is 9.14. The van der Waals surface area contributed by atoms with E-state index >= 15 is 0 Å². The van der Waals surface area contributed by atoms with E-state index in [-0.39, 0.29) is 46.4 Å². The minimum Gasteiger partial charge on any atom is -0.488 e. The number of aliphatic hydroxyl groups excluding tert-OH is 1. The highest BCUT2D eigenvalue weighted by molar-refractivity contribution is 6.33. The first-order chi connectivity index (χ1) is 14.7. The van der Waals surface area contributed by atoms with Gasteiger partial charge >= 0.3 is 0 Å². The average molecular weight is 469 g/mol. The molecule has 4 rings (SSSR count). The standard InChI is InChI=1S/C20H16Cl2F2N4O3/c1-10(9-29)30-12-3-4-13(14(21)6-12)17-26-19(31-27-17)16-8-28-7-11(20(2,23)24)5-15(22)18(28)25-16/h3-8,10,29H,9H2,1-2H3. The van der Waals surface area contributed by atoms with Crippen molar-refractivity contribution in [2.24, 2.45) is 0 Å². The Morgan fingerprint density at radius 2 is 1.97 bits per heavy atom. The van der Waals surface area contributed by atoms with Gasteiger partial charge in [0.2, 0.25) is 5.82 Å². The number of pyridine rings is 1. The molecule has 31 heavy (non-hydrogen) atoms. The van der Waals surface area contributed by atoms with Crippen molar-refractivity contribution in [2.75, 3.05) is 6.61 Å². The van der Waals surface area contributed by atoms with Gasteiger partial charge in [0.15, 0.2) is 5.65 Å². The van der Waals surface area contributed by atoms with Gasteiger partial charge in [-0.15, -0.1) is 0 Å². The predicted molar refractivity (Wildman–Crippen MR) is 111 cm³/mol. The summed E-state index contributed by atoms with van der Waals surface area (Å²) in [7, 11) is 0. The Morgan fingerprint density at radius 3 is 2.65 bits per heavy atom. The molecule has 3 heterocycles. The summed E-state index contributed by atoms with van der Waals surface area (Å²) in [5, 5.41) is 13.4. The third kappa shape index (κ3) is 4.34. The molecule has 1 atom stereocenters. The van der Waals surface area contributed by atoms with Crippen LogP contribution in [0.1, 0.15) is 19.4 Å². The van der Waals surface area contributed by atoms with Gasteiger partial charge in [-0.05, 0) is 31.2 Å². The summed E-state index contributed by atoms with van der Waals surface area (Å²) < 4.78 is 39.5. The maximum absolute atomic E-state index is 13.7. The first-order valence-corrected chi connectivity index (χ1v) is 9.89. The third-order valence-corrected chi connectivity index (χ3v) is 5.03. The smallest absolute Gasteiger partial charge is 0.278 e. The molecule has 4 aromatic rings. The fourth-order valence-corrected chi connectivity index (χ4v) is 3.37. The molecule has 162 valence electrons. The molecule has 0 bridgehead atoms. The van der Waals surface area contributed by atoms with Crippen LogP contribution in [0, 0.1) is 0 Å². The van der Waals surface area contributed by atoms with Gasteiger partial charge in [-0.3, -0.25) is 0 Å². The SMILES string of the molecule is CC(CO)Oc1ccc(-c2noc(-c3cn4cc(C(C)(F)F)cc(Cl)c4n3)n2)c(Cl)c1. The Balaban J connectivity index is 1.66. The summed E-state index contributed by atoms with van der Waals surface area (Å²) in [5.41, 5.74) is 0.798. The number of halogens is 4. The van der Waals surface area contributed by atoms with Gasteiger partial charge in [0.25, 0.3) is 11.8 Å². The zero-order chi connectivity index (χ0) is 22.3. The lowest BCUT2D eigenvalue weighted by atomic mass is 10.2. The molecule has 1 N–H and O–H groups in total. The average Bonchev–Trinajstić information content (AvgIpc) is 3.34. The van der Waals surface area contributed by atoms with Crippen LogP contribution in [0.4, 0.5) is 8.78 Å². The minimum atomic E-state index is -3.05. The number of hydrogen-bond donors (Lipinski definition) is 1. The van der Waals surface area contributed by atoms with Gasteiger partial charge in [-0.2, -0.15) is 4.98 Å². The predicted octanol–water partition coefficient (Wildman–Crippen LogP) is 5.23. The molecule has 1 unspecified atom stereocenters. The number of aliphatic hydroxyl groups is 1. The van der Waals surface area contributed by atoms with Crippen LogP contribution in [0.15, 0.2) is 41.2 Å². The van der Waals surface area contributed by atoms with Gasteiger partial charge in [0.05, 0.1) is 16.7 Å². The highest BCUT2D eigenvalue weighted by Gasteiger charge is 2.26. The van der Waals surface area contributed by atoms with E-state index in [1.807, 2.05) is 0 Å². The van der Waals surface area contributed by atoms with E-state index in [0.717, 1.165) is 6.92 Å². The van der Waals surface area contributed by atoms with Crippen molar-refractivity contribution >= 4 is 28.8 Å². The molecule has 0 radical (unpaired) electrons. The molecular formula is C20H16Cl2F2N4O3. The highest BCUT2D eigenvalue weighted by atomic mass is 35.5. The molecule has 0 aliphatic carbocycles. The lowest BCUT2D eigenvalue weighted by molar-refractivity contribution is 0.0170. The fourth-order valence-electron chi connectivity index (χ4n) is 2.86. The van der Waals surface area contributed by atoms with E-state index in [4.69, 9.17) is 37.6 Å². The van der Waals surface area contributed by atoms with Gasteiger partial charge in [-0.1, -0.05) is 28.4 Å². The fraction of sp³-hybridized carbons (Fsp3) is 0.250. The topological polar surface area (TPSA) is 85.7 Å². The number of rotatable bonds is 6. The molecule has 3 aromatic heterocycles. The number of nitrogens with zero attached hydrogens (tertiary/aromatic N) is 4. The number of imidazole rings is 1. The monoisotopic (exact) mass is 468 g/mol. The summed E-state index contributed by atoms with van der Waals surface area (Å²) in [5.74, 6) is -2.28. The van der Waals surface area contributed by atoms with Crippen LogP contribution in [0.25, 0.3) is 28.6 Å². The highest BCUT2D eigenvalue weighted by Crippen LogP contribution is 2.33. The maximum Gasteiger partial charge on any atom is 0.278 e. The van der Waals surface area contributed by atoms with E-state index in [1.165, 1.54) is 22.9 Å². The largest absolute Gasteiger partial charge is 0.488 e. The van der Waals surface area contributed by atoms with E-state index in [2.05, 4.69) is 15.1 Å². The summed E-state index contributed by atoms with van der Waals surface area (Å²) in [4.78, 5) is 8.61. The molecular weight excluding hydrogens is 453 g/mol. The van der Waals surface area contributed by atoms with Crippen LogP contribution in [0.2, 0.25) is 10.0 Å². The number of aromatic nitrogens is 4. The summed E-state index contributed by atoms with van der Waals surface area (Å²) in [6.45, 7) is 2.38. The summed E-state index contributed by atoms with van der Waals surface area (Å²) in [6.07, 6.45) is 2.34. The van der Waals surface area contributed by atoms with Crippen molar-refractivity contribution in [1.82, 2.24) is 19.5 Å². The molecule has 0 spiro atoms. The number of alkyl halides is 2. The molecule has 0 saturated carbocycles. The Kier molecular flexibility index (Phi) is 5.59. The van der Waals surface area contributed by atoms with Crippen LogP contribution >= 0.6 is 23.2 Å². The molecule has 0 fully saturated rings. The van der Waals surface area contributed by atoms with Crippen LogP contribution in [0.3, 0.4) is 0 Å².